The fraction of sp³-hybridized carbons (Fsp3) is 0.688. The lowest BCUT2D eigenvalue weighted by Gasteiger charge is -2.16. The van der Waals surface area contributed by atoms with Crippen molar-refractivity contribution in [3.05, 3.63) is 24.0 Å². The van der Waals surface area contributed by atoms with Crippen molar-refractivity contribution < 1.29 is 0 Å². The molecule has 0 saturated heterocycles. The van der Waals surface area contributed by atoms with Crippen LogP contribution in [0.5, 0.6) is 0 Å². The molecule has 0 saturated carbocycles. The molecule has 2 nitrogen and oxygen atoms in total. The van der Waals surface area contributed by atoms with Gasteiger partial charge in [-0.15, -0.1) is 0 Å². The average Bonchev–Trinajstić information content (AvgIpc) is 2.39. The van der Waals surface area contributed by atoms with Gasteiger partial charge >= 0.3 is 0 Å². The number of hydrogen-bond donors (Lipinski definition) is 1. The fourth-order valence-corrected chi connectivity index (χ4v) is 2.37. The van der Waals surface area contributed by atoms with Crippen molar-refractivity contribution in [3.63, 3.8) is 0 Å². The first-order valence-electron chi connectivity index (χ1n) is 7.49. The van der Waals surface area contributed by atoms with Crippen LogP contribution in [0, 0.1) is 0 Å². The molecule has 18 heavy (non-hydrogen) atoms. The zero-order valence-electron chi connectivity index (χ0n) is 12.0. The van der Waals surface area contributed by atoms with Crippen molar-refractivity contribution in [2.45, 2.75) is 71.1 Å². The van der Waals surface area contributed by atoms with E-state index >= 15 is 0 Å². The summed E-state index contributed by atoms with van der Waals surface area (Å²) in [4.78, 5) is 4.51. The number of unbranched alkanes of at least 4 members (excludes halogenated alkanes) is 4. The van der Waals surface area contributed by atoms with E-state index in [4.69, 9.17) is 5.73 Å². The van der Waals surface area contributed by atoms with Gasteiger partial charge in [0.2, 0.25) is 0 Å². The third-order valence-electron chi connectivity index (χ3n) is 3.54. The molecule has 102 valence electrons. The summed E-state index contributed by atoms with van der Waals surface area (Å²) in [5.41, 5.74) is 7.70. The van der Waals surface area contributed by atoms with E-state index < -0.39 is 0 Å². The Morgan fingerprint density at radius 1 is 1.00 bits per heavy atom. The highest BCUT2D eigenvalue weighted by Gasteiger charge is 2.12. The van der Waals surface area contributed by atoms with Crippen molar-refractivity contribution in [1.82, 2.24) is 4.98 Å². The molecule has 1 aromatic rings. The third-order valence-corrected chi connectivity index (χ3v) is 3.54. The first kappa shape index (κ1) is 15.0. The molecule has 1 rings (SSSR count). The highest BCUT2D eigenvalue weighted by atomic mass is 14.7. The second-order valence-electron chi connectivity index (χ2n) is 5.20. The molecule has 0 aliphatic heterocycles. The van der Waals surface area contributed by atoms with Gasteiger partial charge in [-0.1, -0.05) is 52.4 Å². The summed E-state index contributed by atoms with van der Waals surface area (Å²) in [6.45, 7) is 4.51. The Bertz CT molecular complexity index is 305. The van der Waals surface area contributed by atoms with Crippen LogP contribution < -0.4 is 5.73 Å². The van der Waals surface area contributed by atoms with E-state index in [1.54, 1.807) is 6.20 Å². The maximum absolute atomic E-state index is 5.70. The fourth-order valence-electron chi connectivity index (χ4n) is 2.37. The van der Waals surface area contributed by atoms with Gasteiger partial charge in [0, 0.05) is 11.6 Å². The molecule has 0 aliphatic carbocycles. The molecule has 1 unspecified atom stereocenters. The van der Waals surface area contributed by atoms with Crippen molar-refractivity contribution in [2.75, 3.05) is 5.73 Å². The molecule has 0 bridgehead atoms. The van der Waals surface area contributed by atoms with Crippen LogP contribution in [0.3, 0.4) is 0 Å². The second-order valence-corrected chi connectivity index (χ2v) is 5.20. The Balaban J connectivity index is 2.51. The van der Waals surface area contributed by atoms with Crippen molar-refractivity contribution in [2.24, 2.45) is 0 Å². The average molecular weight is 248 g/mol. The van der Waals surface area contributed by atoms with Crippen molar-refractivity contribution in [3.8, 4) is 0 Å². The molecular weight excluding hydrogens is 220 g/mol. The van der Waals surface area contributed by atoms with E-state index in [2.05, 4.69) is 24.9 Å². The predicted octanol–water partition coefficient (Wildman–Crippen LogP) is 4.91. The molecule has 0 amide bonds. The molecule has 0 aliphatic rings. The zero-order valence-corrected chi connectivity index (χ0v) is 12.0. The Labute approximate surface area is 112 Å². The molecule has 0 spiro atoms. The number of anilines is 1. The molecule has 1 heterocycles. The highest BCUT2D eigenvalue weighted by molar-refractivity contribution is 5.35. The topological polar surface area (TPSA) is 38.9 Å². The molecule has 1 atom stereocenters. The molecular formula is C16H28N2. The van der Waals surface area contributed by atoms with Gasteiger partial charge in [-0.2, -0.15) is 0 Å². The van der Waals surface area contributed by atoms with Crippen LogP contribution >= 0.6 is 0 Å². The summed E-state index contributed by atoms with van der Waals surface area (Å²) in [5.74, 6) is 0.627. The lowest BCUT2D eigenvalue weighted by Crippen LogP contribution is -2.02. The van der Waals surface area contributed by atoms with Gasteiger partial charge in [0.05, 0.1) is 11.9 Å². The molecule has 2 heteroatoms. The molecule has 0 fully saturated rings. The minimum absolute atomic E-state index is 0.627. The minimum Gasteiger partial charge on any atom is -0.397 e. The Hall–Kier alpha value is -1.05. The number of nitrogens with zero attached hydrogens (tertiary/aromatic N) is 1. The van der Waals surface area contributed by atoms with Crippen LogP contribution in [-0.4, -0.2) is 4.98 Å². The van der Waals surface area contributed by atoms with Crippen molar-refractivity contribution in [1.29, 1.82) is 0 Å². The summed E-state index contributed by atoms with van der Waals surface area (Å²) < 4.78 is 0. The second kappa shape index (κ2) is 8.96. The summed E-state index contributed by atoms with van der Waals surface area (Å²) in [6.07, 6.45) is 12.2. The largest absolute Gasteiger partial charge is 0.397 e. The number of nitrogen functional groups attached to an aromatic ring is 1. The lowest BCUT2D eigenvalue weighted by atomic mass is 9.92. The van der Waals surface area contributed by atoms with Crippen LogP contribution in [0.15, 0.2) is 18.3 Å². The number of rotatable bonds is 9. The minimum atomic E-state index is 0.627. The van der Waals surface area contributed by atoms with Crippen molar-refractivity contribution >= 4 is 5.69 Å². The van der Waals surface area contributed by atoms with E-state index in [1.807, 2.05) is 6.07 Å². The monoisotopic (exact) mass is 248 g/mol. The van der Waals surface area contributed by atoms with Crippen LogP contribution in [0.1, 0.15) is 76.8 Å². The van der Waals surface area contributed by atoms with Crippen LogP contribution in [0.2, 0.25) is 0 Å². The van der Waals surface area contributed by atoms with Gasteiger partial charge in [0.15, 0.2) is 0 Å². The van der Waals surface area contributed by atoms with E-state index in [0.29, 0.717) is 5.92 Å². The number of aromatic nitrogens is 1. The van der Waals surface area contributed by atoms with Crippen LogP contribution in [-0.2, 0) is 0 Å². The first-order valence-corrected chi connectivity index (χ1v) is 7.49. The summed E-state index contributed by atoms with van der Waals surface area (Å²) in [7, 11) is 0. The van der Waals surface area contributed by atoms with E-state index in [9.17, 15) is 0 Å². The quantitative estimate of drug-likeness (QED) is 0.631. The summed E-state index contributed by atoms with van der Waals surface area (Å²) >= 11 is 0. The van der Waals surface area contributed by atoms with E-state index in [-0.39, 0.29) is 0 Å². The summed E-state index contributed by atoms with van der Waals surface area (Å²) in [6, 6.07) is 4.09. The highest BCUT2D eigenvalue weighted by Crippen LogP contribution is 2.27. The Kier molecular flexibility index (Phi) is 7.47. The van der Waals surface area contributed by atoms with Gasteiger partial charge in [-0.25, -0.2) is 0 Å². The van der Waals surface area contributed by atoms with Gasteiger partial charge < -0.3 is 5.73 Å². The standard InChI is InChI=1S/C16H28N2/c1-3-5-7-8-10-14(9-6-4-2)16-12-11-15(17)13-18-16/h11-14H,3-10,17H2,1-2H3. The molecule has 0 radical (unpaired) electrons. The van der Waals surface area contributed by atoms with Gasteiger partial charge in [-0.3, -0.25) is 4.98 Å². The lowest BCUT2D eigenvalue weighted by molar-refractivity contribution is 0.500. The smallest absolute Gasteiger partial charge is 0.0501 e. The predicted molar refractivity (Wildman–Crippen MR) is 79.7 cm³/mol. The SMILES string of the molecule is CCCCCCC(CCCC)c1ccc(N)cn1. The third kappa shape index (κ3) is 5.52. The van der Waals surface area contributed by atoms with E-state index in [1.165, 1.54) is 57.1 Å². The Morgan fingerprint density at radius 2 is 1.72 bits per heavy atom. The number of hydrogen-bond acceptors (Lipinski definition) is 2. The normalized spacial score (nSPS) is 12.6. The molecule has 1 aromatic heterocycles. The van der Waals surface area contributed by atoms with Crippen LogP contribution in [0.4, 0.5) is 5.69 Å². The van der Waals surface area contributed by atoms with Gasteiger partial charge in [0.25, 0.3) is 0 Å². The number of nitrogens with two attached hydrogens (primary N) is 1. The molecule has 0 aromatic carbocycles. The number of pyridine rings is 1. The zero-order chi connectivity index (χ0) is 13.2. The molecule has 2 N–H and O–H groups in total. The maximum atomic E-state index is 5.70. The van der Waals surface area contributed by atoms with Gasteiger partial charge in [0.1, 0.15) is 0 Å². The van der Waals surface area contributed by atoms with E-state index in [0.717, 1.165) is 5.69 Å². The maximum Gasteiger partial charge on any atom is 0.0501 e. The summed E-state index contributed by atoms with van der Waals surface area (Å²) in [5, 5.41) is 0. The first-order chi connectivity index (χ1) is 8.77. The van der Waals surface area contributed by atoms with Crippen LogP contribution in [0.25, 0.3) is 0 Å². The Morgan fingerprint density at radius 3 is 2.33 bits per heavy atom. The van der Waals surface area contributed by atoms with Gasteiger partial charge in [-0.05, 0) is 25.0 Å².